The monoisotopic (exact) mass is 326 g/mol. The van der Waals surface area contributed by atoms with Crippen molar-refractivity contribution in [2.24, 2.45) is 0 Å². The van der Waals surface area contributed by atoms with Crippen LogP contribution in [-0.4, -0.2) is 11.0 Å². The molecule has 0 amide bonds. The lowest BCUT2D eigenvalue weighted by Crippen LogP contribution is -2.25. The number of nitrogens with one attached hydrogen (secondary N) is 1. The molecule has 1 fully saturated rings. The van der Waals surface area contributed by atoms with Gasteiger partial charge in [-0.2, -0.15) is 0 Å². The van der Waals surface area contributed by atoms with Gasteiger partial charge in [-0.3, -0.25) is 0 Å². The molecule has 1 aromatic heterocycles. The molecule has 5 heteroatoms. The first kappa shape index (κ1) is 12.3. The predicted molar refractivity (Wildman–Crippen MR) is 74.2 cm³/mol. The van der Waals surface area contributed by atoms with Crippen molar-refractivity contribution in [2.75, 3.05) is 0 Å². The Labute approximate surface area is 117 Å². The fourth-order valence-corrected chi connectivity index (χ4v) is 2.94. The summed E-state index contributed by atoms with van der Waals surface area (Å²) in [6.45, 7) is 0. The van der Waals surface area contributed by atoms with Gasteiger partial charge in [0.05, 0.1) is 6.04 Å². The summed E-state index contributed by atoms with van der Waals surface area (Å²) in [4.78, 5) is 4.31. The topological polar surface area (TPSA) is 24.9 Å². The summed E-state index contributed by atoms with van der Waals surface area (Å²) in [5, 5.41) is 6.31. The minimum Gasteiger partial charge on any atom is -0.301 e. The molecule has 94 valence electrons. The molecule has 2 aromatic rings. The van der Waals surface area contributed by atoms with Crippen LogP contribution in [0.5, 0.6) is 0 Å². The van der Waals surface area contributed by atoms with E-state index in [1.807, 2.05) is 17.5 Å². The average molecular weight is 327 g/mol. The van der Waals surface area contributed by atoms with Crippen LogP contribution in [0.3, 0.4) is 0 Å². The Morgan fingerprint density at radius 1 is 1.44 bits per heavy atom. The number of thiazole rings is 1. The quantitative estimate of drug-likeness (QED) is 0.922. The molecular weight excluding hydrogens is 315 g/mol. The summed E-state index contributed by atoms with van der Waals surface area (Å²) in [6.07, 6.45) is 4.10. The second kappa shape index (κ2) is 5.07. The molecule has 1 N–H and O–H groups in total. The number of nitrogens with zero attached hydrogens (tertiary/aromatic N) is 1. The molecule has 1 aliphatic carbocycles. The first-order chi connectivity index (χ1) is 8.74. The molecule has 18 heavy (non-hydrogen) atoms. The summed E-state index contributed by atoms with van der Waals surface area (Å²) < 4.78 is 14.8. The van der Waals surface area contributed by atoms with E-state index in [2.05, 4.69) is 26.2 Å². The second-order valence-electron chi connectivity index (χ2n) is 4.41. The van der Waals surface area contributed by atoms with Gasteiger partial charge >= 0.3 is 0 Å². The van der Waals surface area contributed by atoms with Gasteiger partial charge in [0.25, 0.3) is 0 Å². The van der Waals surface area contributed by atoms with Gasteiger partial charge in [0.1, 0.15) is 10.8 Å². The van der Waals surface area contributed by atoms with E-state index in [-0.39, 0.29) is 11.9 Å². The summed E-state index contributed by atoms with van der Waals surface area (Å²) in [7, 11) is 0. The standard InChI is InChI=1S/C13H12BrFN2S/c14-8-1-4-10(11(15)7-8)12(17-9-2-3-9)13-16-5-6-18-13/h1,4-7,9,12,17H,2-3H2. The van der Waals surface area contributed by atoms with E-state index in [0.717, 1.165) is 9.48 Å². The molecule has 1 unspecified atom stereocenters. The number of hydrogen-bond donors (Lipinski definition) is 1. The average Bonchev–Trinajstić information content (AvgIpc) is 3.00. The Hall–Kier alpha value is -0.780. The lowest BCUT2D eigenvalue weighted by Gasteiger charge is -2.17. The SMILES string of the molecule is Fc1cc(Br)ccc1C(NC1CC1)c1nccs1. The van der Waals surface area contributed by atoms with Crippen LogP contribution >= 0.6 is 27.3 Å². The van der Waals surface area contributed by atoms with Crippen LogP contribution in [0.25, 0.3) is 0 Å². The maximum absolute atomic E-state index is 14.1. The highest BCUT2D eigenvalue weighted by atomic mass is 79.9. The summed E-state index contributed by atoms with van der Waals surface area (Å²) in [5.41, 5.74) is 0.667. The molecule has 0 spiro atoms. The van der Waals surface area contributed by atoms with Crippen LogP contribution in [-0.2, 0) is 0 Å². The third-order valence-corrected chi connectivity index (χ3v) is 4.29. The Morgan fingerprint density at radius 2 is 2.28 bits per heavy atom. The number of hydrogen-bond acceptors (Lipinski definition) is 3. The molecule has 1 aliphatic rings. The second-order valence-corrected chi connectivity index (χ2v) is 6.25. The lowest BCUT2D eigenvalue weighted by molar-refractivity contribution is 0.544. The first-order valence-corrected chi connectivity index (χ1v) is 7.51. The minimum absolute atomic E-state index is 0.134. The zero-order chi connectivity index (χ0) is 12.5. The third kappa shape index (κ3) is 2.63. The van der Waals surface area contributed by atoms with Crippen molar-refractivity contribution in [1.82, 2.24) is 10.3 Å². The van der Waals surface area contributed by atoms with Crippen molar-refractivity contribution in [2.45, 2.75) is 24.9 Å². The van der Waals surface area contributed by atoms with E-state index in [1.165, 1.54) is 18.9 Å². The minimum atomic E-state index is -0.197. The fourth-order valence-electron chi connectivity index (χ4n) is 1.89. The van der Waals surface area contributed by atoms with Gasteiger partial charge in [0.15, 0.2) is 0 Å². The van der Waals surface area contributed by atoms with Gasteiger partial charge in [-0.05, 0) is 25.0 Å². The molecule has 1 aromatic carbocycles. The molecule has 1 heterocycles. The smallest absolute Gasteiger partial charge is 0.129 e. The highest BCUT2D eigenvalue weighted by Gasteiger charge is 2.28. The zero-order valence-electron chi connectivity index (χ0n) is 9.57. The van der Waals surface area contributed by atoms with E-state index < -0.39 is 0 Å². The molecular formula is C13H12BrFN2S. The maximum atomic E-state index is 14.1. The van der Waals surface area contributed by atoms with Crippen LogP contribution < -0.4 is 5.32 Å². The van der Waals surface area contributed by atoms with Gasteiger partial charge in [-0.15, -0.1) is 11.3 Å². The van der Waals surface area contributed by atoms with Crippen molar-refractivity contribution in [3.63, 3.8) is 0 Å². The van der Waals surface area contributed by atoms with Gasteiger partial charge in [0, 0.05) is 27.7 Å². The molecule has 1 saturated carbocycles. The molecule has 3 rings (SSSR count). The Kier molecular flexibility index (Phi) is 3.46. The third-order valence-electron chi connectivity index (χ3n) is 2.95. The highest BCUT2D eigenvalue weighted by molar-refractivity contribution is 9.10. The number of benzene rings is 1. The predicted octanol–water partition coefficient (Wildman–Crippen LogP) is 3.89. The zero-order valence-corrected chi connectivity index (χ0v) is 12.0. The lowest BCUT2D eigenvalue weighted by atomic mass is 10.1. The maximum Gasteiger partial charge on any atom is 0.129 e. The van der Waals surface area contributed by atoms with E-state index in [9.17, 15) is 4.39 Å². The normalized spacial score (nSPS) is 16.8. The largest absolute Gasteiger partial charge is 0.301 e. The van der Waals surface area contributed by atoms with Crippen LogP contribution in [0.1, 0.15) is 29.5 Å². The Bertz CT molecular complexity index is 540. The van der Waals surface area contributed by atoms with Crippen LogP contribution in [0.2, 0.25) is 0 Å². The Balaban J connectivity index is 1.96. The van der Waals surface area contributed by atoms with Gasteiger partial charge < -0.3 is 5.32 Å². The van der Waals surface area contributed by atoms with Crippen molar-refractivity contribution >= 4 is 27.3 Å². The van der Waals surface area contributed by atoms with E-state index in [4.69, 9.17) is 0 Å². The number of aromatic nitrogens is 1. The van der Waals surface area contributed by atoms with Crippen LogP contribution in [0, 0.1) is 5.82 Å². The number of rotatable bonds is 4. The van der Waals surface area contributed by atoms with E-state index >= 15 is 0 Å². The van der Waals surface area contributed by atoms with Crippen LogP contribution in [0.4, 0.5) is 4.39 Å². The molecule has 0 bridgehead atoms. The molecule has 0 radical (unpaired) electrons. The van der Waals surface area contributed by atoms with Gasteiger partial charge in [-0.1, -0.05) is 22.0 Å². The van der Waals surface area contributed by atoms with Crippen molar-refractivity contribution < 1.29 is 4.39 Å². The molecule has 1 atom stereocenters. The summed E-state index contributed by atoms with van der Waals surface area (Å²) >= 11 is 4.84. The summed E-state index contributed by atoms with van der Waals surface area (Å²) in [5.74, 6) is -0.197. The summed E-state index contributed by atoms with van der Waals surface area (Å²) in [6, 6.07) is 5.56. The van der Waals surface area contributed by atoms with Crippen LogP contribution in [0.15, 0.2) is 34.2 Å². The Morgan fingerprint density at radius 3 is 2.89 bits per heavy atom. The molecule has 2 nitrogen and oxygen atoms in total. The van der Waals surface area contributed by atoms with E-state index in [1.54, 1.807) is 17.5 Å². The highest BCUT2D eigenvalue weighted by Crippen LogP contribution is 2.31. The fraction of sp³-hybridized carbons (Fsp3) is 0.308. The molecule has 0 saturated heterocycles. The molecule has 0 aliphatic heterocycles. The number of halogens is 2. The van der Waals surface area contributed by atoms with Gasteiger partial charge in [0.2, 0.25) is 0 Å². The van der Waals surface area contributed by atoms with E-state index in [0.29, 0.717) is 11.6 Å². The first-order valence-electron chi connectivity index (χ1n) is 5.84. The van der Waals surface area contributed by atoms with Crippen molar-refractivity contribution in [3.8, 4) is 0 Å². The van der Waals surface area contributed by atoms with Gasteiger partial charge in [-0.25, -0.2) is 9.37 Å². The van der Waals surface area contributed by atoms with Crippen molar-refractivity contribution in [3.05, 3.63) is 50.6 Å². The van der Waals surface area contributed by atoms with Crippen molar-refractivity contribution in [1.29, 1.82) is 0 Å².